The van der Waals surface area contributed by atoms with E-state index in [2.05, 4.69) is 0 Å². The Kier molecular flexibility index (Phi) is 1.98. The molecule has 0 spiro atoms. The monoisotopic (exact) mass is 102 g/mol. The van der Waals surface area contributed by atoms with Gasteiger partial charge in [-0.25, -0.2) is 0 Å². The van der Waals surface area contributed by atoms with E-state index in [-0.39, 0.29) is 4.75 Å². The highest BCUT2D eigenvalue weighted by atomic mass is 32.1. The molecule has 6 heavy (non-hydrogen) atoms. The average molecular weight is 102 g/mol. The zero-order chi connectivity index (χ0) is 5.21. The maximum absolute atomic E-state index is 4.93. The third-order valence-corrected chi connectivity index (χ3v) is 0.931. The molecule has 0 bridgehead atoms. The summed E-state index contributed by atoms with van der Waals surface area (Å²) in [7, 11) is 0. The standard InChI is InChI=1S/C5H10S/c1-4-5(2,3)6/h4H,1-3H3. The highest BCUT2D eigenvalue weighted by Crippen LogP contribution is 2.13. The SMILES string of the molecule is C[CH]C(C)(C)[S]. The molecular formula is C5H10S. The second-order valence-corrected chi connectivity index (χ2v) is 2.94. The zero-order valence-corrected chi connectivity index (χ0v) is 5.30. The van der Waals surface area contributed by atoms with E-state index in [0.717, 1.165) is 0 Å². The molecule has 0 saturated heterocycles. The fourth-order valence-corrected chi connectivity index (χ4v) is 0. The molecule has 36 valence electrons. The van der Waals surface area contributed by atoms with Gasteiger partial charge in [-0.1, -0.05) is 19.6 Å². The van der Waals surface area contributed by atoms with Crippen LogP contribution in [-0.4, -0.2) is 4.75 Å². The first-order valence-electron chi connectivity index (χ1n) is 2.07. The first-order valence-corrected chi connectivity index (χ1v) is 2.48. The summed E-state index contributed by atoms with van der Waals surface area (Å²) in [4.78, 5) is 0. The topological polar surface area (TPSA) is 0 Å². The van der Waals surface area contributed by atoms with E-state index in [0.29, 0.717) is 0 Å². The summed E-state index contributed by atoms with van der Waals surface area (Å²) in [5.41, 5.74) is 0. The van der Waals surface area contributed by atoms with E-state index in [4.69, 9.17) is 12.6 Å². The second-order valence-electron chi connectivity index (χ2n) is 1.89. The maximum Gasteiger partial charge on any atom is 0.0236 e. The fourth-order valence-electron chi connectivity index (χ4n) is 0. The molecule has 0 N–H and O–H groups in total. The molecule has 0 rings (SSSR count). The Morgan fingerprint density at radius 2 is 1.67 bits per heavy atom. The van der Waals surface area contributed by atoms with Crippen LogP contribution >= 0.6 is 12.6 Å². The van der Waals surface area contributed by atoms with E-state index in [1.54, 1.807) is 0 Å². The second kappa shape index (κ2) is 1.87. The zero-order valence-electron chi connectivity index (χ0n) is 4.49. The molecule has 0 heterocycles. The Morgan fingerprint density at radius 1 is 1.50 bits per heavy atom. The van der Waals surface area contributed by atoms with Gasteiger partial charge in [0.05, 0.1) is 0 Å². The van der Waals surface area contributed by atoms with Crippen LogP contribution in [0.3, 0.4) is 0 Å². The van der Waals surface area contributed by atoms with Crippen LogP contribution in [0.25, 0.3) is 0 Å². The maximum atomic E-state index is 4.93. The molecule has 0 nitrogen and oxygen atoms in total. The smallest absolute Gasteiger partial charge is 0.0236 e. The Morgan fingerprint density at radius 3 is 1.67 bits per heavy atom. The van der Waals surface area contributed by atoms with Crippen molar-refractivity contribution in [2.24, 2.45) is 0 Å². The highest BCUT2D eigenvalue weighted by molar-refractivity contribution is 7.81. The van der Waals surface area contributed by atoms with Crippen LogP contribution in [0.5, 0.6) is 0 Å². The lowest BCUT2D eigenvalue weighted by Gasteiger charge is -2.09. The Hall–Kier alpha value is 0.350. The van der Waals surface area contributed by atoms with Gasteiger partial charge in [0.25, 0.3) is 0 Å². The van der Waals surface area contributed by atoms with Gasteiger partial charge in [-0.3, -0.25) is 0 Å². The van der Waals surface area contributed by atoms with Gasteiger partial charge in [0.15, 0.2) is 0 Å². The minimum Gasteiger partial charge on any atom is -0.0870 e. The third-order valence-electron chi connectivity index (χ3n) is 0.695. The Balaban J connectivity index is 3.17. The molecule has 0 aromatic heterocycles. The van der Waals surface area contributed by atoms with Gasteiger partial charge in [-0.05, 0) is 20.3 Å². The molecule has 0 amide bonds. The molecule has 0 fully saturated rings. The lowest BCUT2D eigenvalue weighted by Crippen LogP contribution is -2.07. The lowest BCUT2D eigenvalue weighted by molar-refractivity contribution is 0.834. The van der Waals surface area contributed by atoms with Crippen LogP contribution in [0.4, 0.5) is 0 Å². The van der Waals surface area contributed by atoms with Crippen molar-refractivity contribution in [2.45, 2.75) is 25.5 Å². The lowest BCUT2D eigenvalue weighted by atomic mass is 10.1. The average Bonchev–Trinajstić information content (AvgIpc) is 1.35. The molecule has 1 heteroatoms. The molecule has 0 saturated carbocycles. The molecular weight excluding hydrogens is 92.1 g/mol. The first kappa shape index (κ1) is 6.35. The van der Waals surface area contributed by atoms with E-state index >= 15 is 0 Å². The van der Waals surface area contributed by atoms with Crippen molar-refractivity contribution in [1.29, 1.82) is 0 Å². The molecule has 0 aliphatic rings. The van der Waals surface area contributed by atoms with Gasteiger partial charge in [-0.15, -0.1) is 0 Å². The minimum atomic E-state index is 0. The van der Waals surface area contributed by atoms with Crippen LogP contribution in [0.1, 0.15) is 20.8 Å². The Bertz CT molecular complexity index is 33.7. The molecule has 0 aromatic carbocycles. The predicted octanol–water partition coefficient (Wildman–Crippen LogP) is 2.19. The van der Waals surface area contributed by atoms with Crippen LogP contribution in [0.15, 0.2) is 0 Å². The van der Waals surface area contributed by atoms with Crippen molar-refractivity contribution in [3.8, 4) is 0 Å². The normalized spacial score (nSPS) is 12.0. The highest BCUT2D eigenvalue weighted by Gasteiger charge is 2.06. The van der Waals surface area contributed by atoms with Crippen LogP contribution in [-0.2, 0) is 0 Å². The quantitative estimate of drug-likeness (QED) is 0.476. The molecule has 0 aromatic rings. The molecule has 0 aliphatic carbocycles. The van der Waals surface area contributed by atoms with Crippen molar-refractivity contribution < 1.29 is 0 Å². The fraction of sp³-hybridized carbons (Fsp3) is 0.800. The van der Waals surface area contributed by atoms with Gasteiger partial charge >= 0.3 is 0 Å². The van der Waals surface area contributed by atoms with E-state index in [9.17, 15) is 0 Å². The van der Waals surface area contributed by atoms with Crippen molar-refractivity contribution in [3.05, 3.63) is 6.42 Å². The summed E-state index contributed by atoms with van der Waals surface area (Å²) in [6.45, 7) is 5.98. The van der Waals surface area contributed by atoms with Crippen molar-refractivity contribution >= 4 is 12.6 Å². The summed E-state index contributed by atoms with van der Waals surface area (Å²) in [6.07, 6.45) is 2.00. The summed E-state index contributed by atoms with van der Waals surface area (Å²) in [5, 5.41) is 0. The summed E-state index contributed by atoms with van der Waals surface area (Å²) >= 11 is 4.93. The summed E-state index contributed by atoms with van der Waals surface area (Å²) in [6, 6.07) is 0. The third kappa shape index (κ3) is 4.35. The van der Waals surface area contributed by atoms with Crippen LogP contribution in [0, 0.1) is 6.42 Å². The van der Waals surface area contributed by atoms with E-state index in [1.165, 1.54) is 0 Å². The summed E-state index contributed by atoms with van der Waals surface area (Å²) < 4.78 is 0. The van der Waals surface area contributed by atoms with Crippen LogP contribution in [0.2, 0.25) is 0 Å². The molecule has 0 aliphatic heterocycles. The molecule has 0 atom stereocenters. The van der Waals surface area contributed by atoms with E-state index in [1.807, 2.05) is 27.2 Å². The molecule has 0 unspecified atom stereocenters. The van der Waals surface area contributed by atoms with Crippen molar-refractivity contribution in [3.63, 3.8) is 0 Å². The van der Waals surface area contributed by atoms with Gasteiger partial charge in [0.2, 0.25) is 0 Å². The first-order chi connectivity index (χ1) is 2.56. The molecule has 2 radical (unpaired) electrons. The number of hydrogen-bond donors (Lipinski definition) is 0. The minimum absolute atomic E-state index is 0. The van der Waals surface area contributed by atoms with Crippen molar-refractivity contribution in [2.75, 3.05) is 0 Å². The number of hydrogen-bond acceptors (Lipinski definition) is 0. The largest absolute Gasteiger partial charge is 0.0870 e. The van der Waals surface area contributed by atoms with Crippen LogP contribution < -0.4 is 0 Å². The number of rotatable bonds is 1. The van der Waals surface area contributed by atoms with E-state index < -0.39 is 0 Å². The summed E-state index contributed by atoms with van der Waals surface area (Å²) in [5.74, 6) is 0. The van der Waals surface area contributed by atoms with Gasteiger partial charge in [-0.2, -0.15) is 0 Å². The van der Waals surface area contributed by atoms with Gasteiger partial charge in [0.1, 0.15) is 0 Å². The predicted molar refractivity (Wildman–Crippen MR) is 31.6 cm³/mol. The Labute approximate surface area is 45.4 Å². The van der Waals surface area contributed by atoms with Crippen molar-refractivity contribution in [1.82, 2.24) is 0 Å². The van der Waals surface area contributed by atoms with Gasteiger partial charge in [0, 0.05) is 4.75 Å². The van der Waals surface area contributed by atoms with Gasteiger partial charge < -0.3 is 0 Å².